The summed E-state index contributed by atoms with van der Waals surface area (Å²) in [5.74, 6) is 2.27. The van der Waals surface area contributed by atoms with Gasteiger partial charge in [0.1, 0.15) is 11.5 Å². The van der Waals surface area contributed by atoms with Gasteiger partial charge in [-0.25, -0.2) is 9.07 Å². The van der Waals surface area contributed by atoms with E-state index in [0.717, 1.165) is 27.6 Å². The van der Waals surface area contributed by atoms with Crippen LogP contribution in [-0.2, 0) is 32.7 Å². The highest BCUT2D eigenvalue weighted by atomic mass is 35.5. The van der Waals surface area contributed by atoms with E-state index in [9.17, 15) is 14.6 Å². The van der Waals surface area contributed by atoms with Gasteiger partial charge in [-0.3, -0.25) is 15.4 Å². The van der Waals surface area contributed by atoms with Crippen LogP contribution in [-0.4, -0.2) is 43.5 Å². The lowest BCUT2D eigenvalue weighted by Gasteiger charge is -2.13. The van der Waals surface area contributed by atoms with Gasteiger partial charge >= 0.3 is 0 Å². The first-order chi connectivity index (χ1) is 28.4. The Kier molecular flexibility index (Phi) is 12.7. The molecule has 300 valence electrons. The van der Waals surface area contributed by atoms with Crippen LogP contribution < -0.4 is 11.2 Å². The Morgan fingerprint density at radius 1 is 0.627 bits per heavy atom. The first-order valence-corrected chi connectivity index (χ1v) is 19.7. The number of halogens is 5. The molecule has 2 unspecified atom stereocenters. The lowest BCUT2D eigenvalue weighted by Crippen LogP contribution is -2.27. The predicted molar refractivity (Wildman–Crippen MR) is 228 cm³/mol. The Bertz CT molecular complexity index is 2960. The van der Waals surface area contributed by atoms with E-state index in [1.807, 2.05) is 59.2 Å². The van der Waals surface area contributed by atoms with Crippen molar-refractivity contribution in [1.29, 1.82) is 10.8 Å². The second-order valence-electron chi connectivity index (χ2n) is 13.6. The molecule has 0 saturated carbocycles. The highest BCUT2D eigenvalue weighted by Gasteiger charge is 2.18. The number of terminal acetylenes is 1. The first kappa shape index (κ1) is 41.5. The Labute approximate surface area is 357 Å². The highest BCUT2D eigenvalue weighted by Crippen LogP contribution is 2.28. The summed E-state index contributed by atoms with van der Waals surface area (Å²) >= 11 is 24.1. The third-order valence-corrected chi connectivity index (χ3v) is 11.2. The fourth-order valence-electron chi connectivity index (χ4n) is 6.84. The van der Waals surface area contributed by atoms with Gasteiger partial charge in [-0.1, -0.05) is 106 Å². The number of imidazole rings is 2. The molecule has 0 bridgehead atoms. The van der Waals surface area contributed by atoms with Crippen molar-refractivity contribution >= 4 is 68.5 Å². The van der Waals surface area contributed by atoms with Gasteiger partial charge in [0.2, 0.25) is 11.2 Å². The number of rotatable bonds is 11. The van der Waals surface area contributed by atoms with Crippen LogP contribution in [0.15, 0.2) is 115 Å². The Morgan fingerprint density at radius 3 is 1.64 bits per heavy atom. The lowest BCUT2D eigenvalue weighted by atomic mass is 10.1. The third kappa shape index (κ3) is 9.16. The van der Waals surface area contributed by atoms with Gasteiger partial charge in [-0.05, 0) is 77.4 Å². The summed E-state index contributed by atoms with van der Waals surface area (Å²) in [6.07, 6.45) is 5.49. The van der Waals surface area contributed by atoms with Crippen LogP contribution in [0.5, 0.6) is 0 Å². The molecule has 0 amide bonds. The second kappa shape index (κ2) is 18.1. The van der Waals surface area contributed by atoms with E-state index in [1.165, 1.54) is 12.1 Å². The largest absolute Gasteiger partial charge is 0.387 e. The number of nitrogens with one attached hydrogen (secondary N) is 2. The molecule has 8 aromatic rings. The molecule has 59 heavy (non-hydrogen) atoms. The lowest BCUT2D eigenvalue weighted by molar-refractivity contribution is 0.155. The van der Waals surface area contributed by atoms with Crippen LogP contribution in [0.3, 0.4) is 0 Å². The number of aromatic nitrogens is 7. The number of hydrogen-bond donors (Lipinski definition) is 4. The maximum Gasteiger partial charge on any atom is 0.203 e. The van der Waals surface area contributed by atoms with Crippen molar-refractivity contribution in [2.75, 3.05) is 0 Å². The second-order valence-corrected chi connectivity index (χ2v) is 15.3. The topological polar surface area (TPSA) is 139 Å². The maximum atomic E-state index is 13.5. The quantitative estimate of drug-likeness (QED) is 0.0971. The van der Waals surface area contributed by atoms with E-state index in [-0.39, 0.29) is 30.1 Å². The van der Waals surface area contributed by atoms with E-state index >= 15 is 0 Å². The van der Waals surface area contributed by atoms with Crippen molar-refractivity contribution in [3.05, 3.63) is 175 Å². The molecule has 11 nitrogen and oxygen atoms in total. The molecule has 0 aliphatic carbocycles. The standard InChI is InChI=1S/C25H21Cl2FN6O.C18H15Cl2N3O/c26-20-9-8-17(11-21(20)27)24(35)15-34-23-7-2-1-6-22(23)33(25(34)29)14-19-13-32(31-30-19)12-16-4-3-5-18(28)10-16;1-2-9-22-15-5-3-4-6-16(15)23(18(22)21)11-17(24)12-7-8-13(19)14(20)10-12/h1-11,13,24,29,35H,12,14-15H2;1,3-8,10,17,21,24H,9,11H2. The monoisotopic (exact) mass is 869 g/mol. The minimum absolute atomic E-state index is 0.163. The molecule has 0 spiro atoms. The van der Waals surface area contributed by atoms with Crippen molar-refractivity contribution < 1.29 is 14.6 Å². The van der Waals surface area contributed by atoms with Gasteiger partial charge in [-0.15, -0.1) is 11.5 Å². The number of aliphatic hydroxyl groups excluding tert-OH is 2. The van der Waals surface area contributed by atoms with Crippen molar-refractivity contribution in [3.8, 4) is 12.3 Å². The van der Waals surface area contributed by atoms with E-state index < -0.39 is 12.2 Å². The molecular formula is C43H36Cl4FN9O2. The van der Waals surface area contributed by atoms with Crippen LogP contribution >= 0.6 is 46.4 Å². The van der Waals surface area contributed by atoms with Crippen molar-refractivity contribution in [2.24, 2.45) is 0 Å². The number of hydrogen-bond acceptors (Lipinski definition) is 6. The van der Waals surface area contributed by atoms with Crippen LogP contribution in [0.25, 0.3) is 22.1 Å². The minimum atomic E-state index is -0.884. The molecule has 4 N–H and O–H groups in total. The zero-order valence-corrected chi connectivity index (χ0v) is 34.2. The number of nitrogens with zero attached hydrogens (tertiary/aromatic N) is 7. The zero-order chi connectivity index (χ0) is 41.8. The summed E-state index contributed by atoms with van der Waals surface area (Å²) in [6.45, 7) is 1.39. The molecule has 3 aromatic heterocycles. The highest BCUT2D eigenvalue weighted by molar-refractivity contribution is 6.42. The number of fused-ring (bicyclic) bond motifs is 2. The summed E-state index contributed by atoms with van der Waals surface area (Å²) in [7, 11) is 0. The molecule has 2 atom stereocenters. The number of para-hydroxylation sites is 4. The van der Waals surface area contributed by atoms with Gasteiger partial charge < -0.3 is 23.9 Å². The smallest absolute Gasteiger partial charge is 0.203 e. The summed E-state index contributed by atoms with van der Waals surface area (Å²) in [4.78, 5) is 0. The Balaban J connectivity index is 0.000000192. The number of benzene rings is 5. The Hall–Kier alpha value is -5.65. The molecule has 0 radical (unpaired) electrons. The van der Waals surface area contributed by atoms with E-state index in [1.54, 1.807) is 67.0 Å². The van der Waals surface area contributed by atoms with Crippen molar-refractivity contribution in [2.45, 2.75) is 44.9 Å². The van der Waals surface area contributed by atoms with E-state index in [2.05, 4.69) is 16.2 Å². The predicted octanol–water partition coefficient (Wildman–Crippen LogP) is 8.39. The molecule has 3 heterocycles. The summed E-state index contributed by atoms with van der Waals surface area (Å²) < 4.78 is 22.2. The van der Waals surface area contributed by atoms with Gasteiger partial charge in [0, 0.05) is 0 Å². The van der Waals surface area contributed by atoms with Crippen LogP contribution in [0.1, 0.15) is 34.6 Å². The molecule has 0 aliphatic rings. The fourth-order valence-corrected chi connectivity index (χ4v) is 7.45. The maximum absolute atomic E-state index is 13.5. The molecular weight excluding hydrogens is 835 g/mol. The Morgan fingerprint density at radius 2 is 1.14 bits per heavy atom. The molecule has 0 saturated heterocycles. The molecule has 0 aliphatic heterocycles. The van der Waals surface area contributed by atoms with E-state index in [4.69, 9.17) is 63.6 Å². The molecule has 0 fully saturated rings. The molecule has 8 rings (SSSR count). The molecule has 5 aromatic carbocycles. The van der Waals surface area contributed by atoms with Gasteiger partial charge in [0.05, 0.1) is 93.3 Å². The summed E-state index contributed by atoms with van der Waals surface area (Å²) in [5.41, 5.74) is 6.50. The first-order valence-electron chi connectivity index (χ1n) is 18.2. The average molecular weight is 872 g/mol. The van der Waals surface area contributed by atoms with Crippen LogP contribution in [0.4, 0.5) is 4.39 Å². The molecule has 16 heteroatoms. The van der Waals surface area contributed by atoms with Crippen molar-refractivity contribution in [1.82, 2.24) is 33.3 Å². The fraction of sp³-hybridized carbons (Fsp3) is 0.163. The average Bonchev–Trinajstić information content (AvgIpc) is 3.86. The third-order valence-electron chi connectivity index (χ3n) is 9.71. The van der Waals surface area contributed by atoms with E-state index in [0.29, 0.717) is 56.5 Å². The van der Waals surface area contributed by atoms with Crippen LogP contribution in [0, 0.1) is 29.0 Å². The van der Waals surface area contributed by atoms with Crippen molar-refractivity contribution in [3.63, 3.8) is 0 Å². The summed E-state index contributed by atoms with van der Waals surface area (Å²) in [6, 6.07) is 31.6. The van der Waals surface area contributed by atoms with Gasteiger partial charge in [0.25, 0.3) is 0 Å². The van der Waals surface area contributed by atoms with Gasteiger partial charge in [-0.2, -0.15) is 0 Å². The SMILES string of the molecule is C#CCn1c(=N)n(CC(O)c2ccc(Cl)c(Cl)c2)c2ccccc21.N=c1n(Cc2cn(Cc3cccc(F)c3)nn2)c2ccccc2n1CC(O)c1ccc(Cl)c(Cl)c1. The normalized spacial score (nSPS) is 12.3. The number of aliphatic hydroxyl groups is 2. The zero-order valence-electron chi connectivity index (χ0n) is 31.2. The van der Waals surface area contributed by atoms with Crippen LogP contribution in [0.2, 0.25) is 20.1 Å². The van der Waals surface area contributed by atoms with Gasteiger partial charge in [0.15, 0.2) is 0 Å². The minimum Gasteiger partial charge on any atom is -0.387 e. The summed E-state index contributed by atoms with van der Waals surface area (Å²) in [5, 5.41) is 48.6.